The largest absolute Gasteiger partial charge is 0.444 e. The van der Waals surface area contributed by atoms with E-state index in [2.05, 4.69) is 0 Å². The first-order chi connectivity index (χ1) is 8.74. The maximum Gasteiger partial charge on any atom is 0.410 e. The van der Waals surface area contributed by atoms with Gasteiger partial charge in [0, 0.05) is 25.6 Å². The summed E-state index contributed by atoms with van der Waals surface area (Å²) in [6.45, 7) is 6.33. The number of piperidine rings is 1. The Morgan fingerprint density at radius 3 is 2.26 bits per heavy atom. The molecule has 1 saturated heterocycles. The molecule has 112 valence electrons. The minimum absolute atomic E-state index is 0.00519. The molecule has 1 unspecified atom stereocenters. The Balaban J connectivity index is 2.46. The number of rotatable bonds is 3. The quantitative estimate of drug-likeness (QED) is 0.863. The summed E-state index contributed by atoms with van der Waals surface area (Å²) in [5.74, 6) is -0.871. The molecule has 1 aliphatic rings. The summed E-state index contributed by atoms with van der Waals surface area (Å²) < 4.78 is 30.8. The molecule has 1 rings (SSSR count). The first-order valence-corrected chi connectivity index (χ1v) is 6.70. The fourth-order valence-corrected chi connectivity index (χ4v) is 2.34. The van der Waals surface area contributed by atoms with E-state index in [1.54, 1.807) is 25.7 Å². The molecule has 1 fully saturated rings. The van der Waals surface area contributed by atoms with Gasteiger partial charge in [0.15, 0.2) is 0 Å². The molecule has 1 atom stereocenters. The van der Waals surface area contributed by atoms with Crippen molar-refractivity contribution in [1.29, 1.82) is 0 Å². The molecule has 0 aromatic heterocycles. The van der Waals surface area contributed by atoms with Gasteiger partial charge in [0.2, 0.25) is 6.43 Å². The molecule has 0 bridgehead atoms. The number of ether oxygens (including phenoxy) is 1. The highest BCUT2D eigenvalue weighted by Crippen LogP contribution is 2.29. The van der Waals surface area contributed by atoms with Crippen LogP contribution in [0.4, 0.5) is 13.6 Å². The van der Waals surface area contributed by atoms with Gasteiger partial charge < -0.3 is 15.4 Å². The second-order valence-electron chi connectivity index (χ2n) is 6.04. The van der Waals surface area contributed by atoms with Gasteiger partial charge in [-0.25, -0.2) is 13.6 Å². The molecule has 4 nitrogen and oxygen atoms in total. The predicted molar refractivity (Wildman–Crippen MR) is 69.1 cm³/mol. The molecule has 0 aliphatic carbocycles. The highest BCUT2D eigenvalue weighted by Gasteiger charge is 2.33. The number of halogens is 2. The summed E-state index contributed by atoms with van der Waals surface area (Å²) in [4.78, 5) is 13.4. The number of hydrogen-bond acceptors (Lipinski definition) is 3. The van der Waals surface area contributed by atoms with Crippen molar-refractivity contribution >= 4 is 6.09 Å². The van der Waals surface area contributed by atoms with E-state index in [9.17, 15) is 13.6 Å². The van der Waals surface area contributed by atoms with Crippen LogP contribution >= 0.6 is 0 Å². The maximum atomic E-state index is 12.8. The van der Waals surface area contributed by atoms with Crippen LogP contribution in [0.2, 0.25) is 0 Å². The van der Waals surface area contributed by atoms with Crippen LogP contribution in [-0.2, 0) is 4.74 Å². The zero-order valence-electron chi connectivity index (χ0n) is 11.9. The van der Waals surface area contributed by atoms with Gasteiger partial charge in [-0.05, 0) is 39.5 Å². The summed E-state index contributed by atoms with van der Waals surface area (Å²) in [5, 5.41) is 0. The van der Waals surface area contributed by atoms with Crippen molar-refractivity contribution in [2.24, 2.45) is 17.6 Å². The summed E-state index contributed by atoms with van der Waals surface area (Å²) in [6.07, 6.45) is -1.63. The standard InChI is InChI=1S/C13H24F2N2O2/c1-13(2,3)19-12(18)17-6-4-9(5-7-17)10(8-16)11(14)15/h9-11H,4-8,16H2,1-3H3. The van der Waals surface area contributed by atoms with Crippen molar-refractivity contribution in [2.45, 2.75) is 45.6 Å². The van der Waals surface area contributed by atoms with Gasteiger partial charge >= 0.3 is 6.09 Å². The lowest BCUT2D eigenvalue weighted by Crippen LogP contribution is -2.44. The SMILES string of the molecule is CC(C)(C)OC(=O)N1CCC(C(CN)C(F)F)CC1. The van der Waals surface area contributed by atoms with Gasteiger partial charge in [-0.1, -0.05) is 0 Å². The number of carbonyl (C=O) groups excluding carboxylic acids is 1. The first kappa shape index (κ1) is 16.1. The van der Waals surface area contributed by atoms with E-state index in [0.29, 0.717) is 25.9 Å². The number of nitrogens with zero attached hydrogens (tertiary/aromatic N) is 1. The molecule has 1 amide bonds. The number of carbonyl (C=O) groups is 1. The average Bonchev–Trinajstić information content (AvgIpc) is 2.28. The van der Waals surface area contributed by atoms with E-state index in [1.165, 1.54) is 0 Å². The average molecular weight is 278 g/mol. The highest BCUT2D eigenvalue weighted by molar-refractivity contribution is 5.68. The lowest BCUT2D eigenvalue weighted by atomic mass is 9.84. The van der Waals surface area contributed by atoms with Gasteiger partial charge in [0.05, 0.1) is 0 Å². The van der Waals surface area contributed by atoms with Crippen LogP contribution in [0.5, 0.6) is 0 Å². The summed E-state index contributed by atoms with van der Waals surface area (Å²) in [7, 11) is 0. The van der Waals surface area contributed by atoms with Crippen LogP contribution in [-0.4, -0.2) is 42.7 Å². The van der Waals surface area contributed by atoms with E-state index >= 15 is 0 Å². The molecule has 0 saturated carbocycles. The van der Waals surface area contributed by atoms with Gasteiger partial charge in [-0.15, -0.1) is 0 Å². The monoisotopic (exact) mass is 278 g/mol. The lowest BCUT2D eigenvalue weighted by molar-refractivity contribution is 0.00213. The minimum atomic E-state index is -2.39. The molecule has 0 spiro atoms. The van der Waals surface area contributed by atoms with Crippen molar-refractivity contribution in [2.75, 3.05) is 19.6 Å². The molecular formula is C13H24F2N2O2. The molecule has 2 N–H and O–H groups in total. The minimum Gasteiger partial charge on any atom is -0.444 e. The third-order valence-corrected chi connectivity index (χ3v) is 3.39. The predicted octanol–water partition coefficient (Wildman–Crippen LogP) is 2.47. The Labute approximate surface area is 113 Å². The zero-order chi connectivity index (χ0) is 14.6. The number of amides is 1. The van der Waals surface area contributed by atoms with E-state index in [4.69, 9.17) is 10.5 Å². The Bertz CT molecular complexity index is 298. The molecule has 6 heteroatoms. The lowest BCUT2D eigenvalue weighted by Gasteiger charge is -2.36. The Morgan fingerprint density at radius 2 is 1.89 bits per heavy atom. The molecule has 1 aliphatic heterocycles. The van der Waals surface area contributed by atoms with Gasteiger partial charge in [0.25, 0.3) is 0 Å². The van der Waals surface area contributed by atoms with Crippen molar-refractivity contribution in [1.82, 2.24) is 4.90 Å². The number of alkyl halides is 2. The maximum absolute atomic E-state index is 12.8. The second-order valence-corrected chi connectivity index (χ2v) is 6.04. The van der Waals surface area contributed by atoms with Crippen LogP contribution in [0.1, 0.15) is 33.6 Å². The van der Waals surface area contributed by atoms with Crippen molar-refractivity contribution < 1.29 is 18.3 Å². The molecule has 19 heavy (non-hydrogen) atoms. The van der Waals surface area contributed by atoms with Gasteiger partial charge in [-0.2, -0.15) is 0 Å². The van der Waals surface area contributed by atoms with Crippen LogP contribution in [0.15, 0.2) is 0 Å². The number of nitrogens with two attached hydrogens (primary N) is 1. The smallest absolute Gasteiger partial charge is 0.410 e. The van der Waals surface area contributed by atoms with Crippen LogP contribution < -0.4 is 5.73 Å². The third-order valence-electron chi connectivity index (χ3n) is 3.39. The highest BCUT2D eigenvalue weighted by atomic mass is 19.3. The number of likely N-dealkylation sites (tertiary alicyclic amines) is 1. The van der Waals surface area contributed by atoms with E-state index < -0.39 is 17.9 Å². The second kappa shape index (κ2) is 6.50. The Hall–Kier alpha value is -0.910. The third kappa shape index (κ3) is 4.93. The molecule has 1 heterocycles. The fraction of sp³-hybridized carbons (Fsp3) is 0.923. The van der Waals surface area contributed by atoms with Gasteiger partial charge in [-0.3, -0.25) is 0 Å². The topological polar surface area (TPSA) is 55.6 Å². The molecule has 0 aromatic rings. The van der Waals surface area contributed by atoms with E-state index in [1.807, 2.05) is 0 Å². The molecular weight excluding hydrogens is 254 g/mol. The van der Waals surface area contributed by atoms with E-state index in [-0.39, 0.29) is 18.6 Å². The summed E-state index contributed by atoms with van der Waals surface area (Å²) in [5.41, 5.74) is 4.87. The van der Waals surface area contributed by atoms with Crippen molar-refractivity contribution in [3.63, 3.8) is 0 Å². The Kier molecular flexibility index (Phi) is 5.52. The van der Waals surface area contributed by atoms with Crippen molar-refractivity contribution in [3.8, 4) is 0 Å². The van der Waals surface area contributed by atoms with E-state index in [0.717, 1.165) is 0 Å². The molecule has 0 aromatic carbocycles. The number of hydrogen-bond donors (Lipinski definition) is 1. The fourth-order valence-electron chi connectivity index (χ4n) is 2.34. The van der Waals surface area contributed by atoms with Crippen LogP contribution in [0, 0.1) is 11.8 Å². The van der Waals surface area contributed by atoms with Crippen molar-refractivity contribution in [3.05, 3.63) is 0 Å². The van der Waals surface area contributed by atoms with Gasteiger partial charge in [0.1, 0.15) is 5.60 Å². The normalized spacial score (nSPS) is 19.6. The van der Waals surface area contributed by atoms with Crippen LogP contribution in [0.25, 0.3) is 0 Å². The molecule has 0 radical (unpaired) electrons. The first-order valence-electron chi connectivity index (χ1n) is 6.70. The zero-order valence-corrected chi connectivity index (χ0v) is 11.9. The Morgan fingerprint density at radius 1 is 1.37 bits per heavy atom. The van der Waals surface area contributed by atoms with Crippen LogP contribution in [0.3, 0.4) is 0 Å². The summed E-state index contributed by atoms with van der Waals surface area (Å²) >= 11 is 0. The summed E-state index contributed by atoms with van der Waals surface area (Å²) in [6, 6.07) is 0.